The van der Waals surface area contributed by atoms with Gasteiger partial charge in [0, 0.05) is 28.6 Å². The van der Waals surface area contributed by atoms with Gasteiger partial charge in [-0.15, -0.1) is 11.3 Å². The maximum atomic E-state index is 11.8. The number of hydrogen-bond acceptors (Lipinski definition) is 5. The van der Waals surface area contributed by atoms with Gasteiger partial charge in [-0.3, -0.25) is 4.68 Å². The first kappa shape index (κ1) is 16.0. The molecule has 3 saturated heterocycles. The minimum Gasteiger partial charge on any atom is -0.476 e. The number of rotatable bonds is 3. The largest absolute Gasteiger partial charge is 0.476 e. The Morgan fingerprint density at radius 3 is 2.73 bits per heavy atom. The smallest absolute Gasteiger partial charge is 0.357 e. The van der Waals surface area contributed by atoms with Crippen molar-refractivity contribution in [3.63, 3.8) is 0 Å². The molecular weight excluding hydrogens is 348 g/mol. The molecule has 1 N–H and O–H groups in total. The summed E-state index contributed by atoms with van der Waals surface area (Å²) in [4.78, 5) is 19.9. The Kier molecular flexibility index (Phi) is 3.62. The van der Waals surface area contributed by atoms with Crippen LogP contribution in [0.15, 0.2) is 24.4 Å². The summed E-state index contributed by atoms with van der Waals surface area (Å²) in [5, 5.41) is 15.9. The summed E-state index contributed by atoms with van der Waals surface area (Å²) >= 11 is 1.62. The number of carboxylic acid groups (broad SMARTS) is 1. The molecule has 3 fully saturated rings. The van der Waals surface area contributed by atoms with Crippen molar-refractivity contribution >= 4 is 28.2 Å². The van der Waals surface area contributed by atoms with E-state index in [4.69, 9.17) is 0 Å². The number of nitrogens with zero attached hydrogens (tertiary/aromatic N) is 4. The molecule has 3 aromatic rings. The van der Waals surface area contributed by atoms with Gasteiger partial charge >= 0.3 is 5.97 Å². The van der Waals surface area contributed by atoms with Crippen LogP contribution in [0, 0.1) is 12.8 Å². The molecule has 3 aliphatic rings. The summed E-state index contributed by atoms with van der Waals surface area (Å²) in [6, 6.07) is 6.24. The van der Waals surface area contributed by atoms with Crippen molar-refractivity contribution in [2.24, 2.45) is 5.92 Å². The Morgan fingerprint density at radius 1 is 1.31 bits per heavy atom. The second-order valence-corrected chi connectivity index (χ2v) is 8.55. The summed E-state index contributed by atoms with van der Waals surface area (Å²) in [6.45, 7) is 5.29. The van der Waals surface area contributed by atoms with E-state index in [9.17, 15) is 9.90 Å². The zero-order valence-electron chi connectivity index (χ0n) is 14.6. The lowest BCUT2D eigenvalue weighted by atomic mass is 9.84. The van der Waals surface area contributed by atoms with E-state index >= 15 is 0 Å². The van der Waals surface area contributed by atoms with Crippen LogP contribution in [0.3, 0.4) is 0 Å². The molecule has 0 aliphatic carbocycles. The van der Waals surface area contributed by atoms with Gasteiger partial charge in [0.1, 0.15) is 5.01 Å². The van der Waals surface area contributed by atoms with Gasteiger partial charge in [-0.25, -0.2) is 9.78 Å². The minimum absolute atomic E-state index is 0.145. The van der Waals surface area contributed by atoms with E-state index in [2.05, 4.69) is 15.0 Å². The molecule has 2 bridgehead atoms. The van der Waals surface area contributed by atoms with Crippen molar-refractivity contribution in [1.29, 1.82) is 0 Å². The number of piperidine rings is 3. The molecule has 3 aliphatic heterocycles. The normalized spacial score (nSPS) is 25.0. The molecular formula is C19H20N4O2S. The number of aryl methyl sites for hydroxylation is 1. The molecule has 0 amide bonds. The number of carboxylic acids is 1. The van der Waals surface area contributed by atoms with Crippen molar-refractivity contribution in [2.45, 2.75) is 25.8 Å². The molecule has 1 aromatic carbocycles. The lowest BCUT2D eigenvalue weighted by Gasteiger charge is -2.44. The number of thiazole rings is 1. The quantitative estimate of drug-likeness (QED) is 0.767. The van der Waals surface area contributed by atoms with E-state index in [0.717, 1.165) is 40.6 Å². The van der Waals surface area contributed by atoms with E-state index in [1.807, 2.05) is 36.0 Å². The highest BCUT2D eigenvalue weighted by Crippen LogP contribution is 2.38. The third kappa shape index (κ3) is 2.46. The van der Waals surface area contributed by atoms with Crippen LogP contribution in [0.1, 0.15) is 34.2 Å². The molecule has 2 aromatic heterocycles. The topological polar surface area (TPSA) is 71.2 Å². The molecule has 1 atom stereocenters. The van der Waals surface area contributed by atoms with Crippen LogP contribution >= 0.6 is 11.3 Å². The molecule has 5 heterocycles. The van der Waals surface area contributed by atoms with Crippen LogP contribution in [0.2, 0.25) is 0 Å². The Morgan fingerprint density at radius 2 is 2.12 bits per heavy atom. The Hall–Kier alpha value is -2.25. The number of carbonyl (C=O) groups is 1. The van der Waals surface area contributed by atoms with Crippen LogP contribution in [0.5, 0.6) is 0 Å². The SMILES string of the molecule is Cc1cnc(-c2ccc3c(c2)c(C(=O)O)nn3[C@H]2CN3CCC2CC3)s1. The van der Waals surface area contributed by atoms with E-state index in [1.54, 1.807) is 11.3 Å². The molecule has 0 spiro atoms. The number of benzene rings is 1. The summed E-state index contributed by atoms with van der Waals surface area (Å²) in [6.07, 6.45) is 4.19. The first-order chi connectivity index (χ1) is 12.6. The Bertz CT molecular complexity index is 1000. The molecule has 134 valence electrons. The van der Waals surface area contributed by atoms with Crippen molar-refractivity contribution in [3.8, 4) is 10.6 Å². The first-order valence-corrected chi connectivity index (χ1v) is 9.82. The van der Waals surface area contributed by atoms with Crippen molar-refractivity contribution in [2.75, 3.05) is 19.6 Å². The first-order valence-electron chi connectivity index (χ1n) is 9.01. The summed E-state index contributed by atoms with van der Waals surface area (Å²) in [5.41, 5.74) is 2.01. The van der Waals surface area contributed by atoms with E-state index in [-0.39, 0.29) is 11.7 Å². The molecule has 6 rings (SSSR count). The number of aromatic nitrogens is 3. The van der Waals surface area contributed by atoms with Crippen LogP contribution < -0.4 is 0 Å². The fraction of sp³-hybridized carbons (Fsp3) is 0.421. The van der Waals surface area contributed by atoms with Gasteiger partial charge in [-0.2, -0.15) is 5.10 Å². The van der Waals surface area contributed by atoms with Gasteiger partial charge in [0.05, 0.1) is 11.6 Å². The van der Waals surface area contributed by atoms with Crippen molar-refractivity contribution < 1.29 is 9.90 Å². The van der Waals surface area contributed by atoms with Gasteiger partial charge < -0.3 is 10.0 Å². The highest BCUT2D eigenvalue weighted by atomic mass is 32.1. The maximum absolute atomic E-state index is 11.8. The van der Waals surface area contributed by atoms with Crippen LogP contribution in [0.25, 0.3) is 21.5 Å². The minimum atomic E-state index is -0.970. The molecule has 0 unspecified atom stereocenters. The second-order valence-electron chi connectivity index (χ2n) is 7.31. The van der Waals surface area contributed by atoms with Crippen molar-refractivity contribution in [1.82, 2.24) is 19.7 Å². The van der Waals surface area contributed by atoms with E-state index in [1.165, 1.54) is 12.8 Å². The van der Waals surface area contributed by atoms with Gasteiger partial charge in [-0.05, 0) is 57.0 Å². The van der Waals surface area contributed by atoms with Crippen LogP contribution in [-0.2, 0) is 0 Å². The standard InChI is InChI=1S/C19H20N4O2S/c1-11-9-20-18(26-11)13-2-3-15-14(8-13)17(19(24)25)21-23(15)16-10-22-6-4-12(16)5-7-22/h2-3,8-9,12,16H,4-7,10H2,1H3,(H,24,25)/t16-/m0/s1. The fourth-order valence-electron chi connectivity index (χ4n) is 4.38. The van der Waals surface area contributed by atoms with Gasteiger partial charge in [0.2, 0.25) is 0 Å². The predicted molar refractivity (Wildman–Crippen MR) is 101 cm³/mol. The Balaban J connectivity index is 1.65. The van der Waals surface area contributed by atoms with E-state index < -0.39 is 5.97 Å². The number of aromatic carboxylic acids is 1. The molecule has 6 nitrogen and oxygen atoms in total. The van der Waals surface area contributed by atoms with Gasteiger partial charge in [0.25, 0.3) is 0 Å². The highest BCUT2D eigenvalue weighted by Gasteiger charge is 2.37. The third-order valence-corrected chi connectivity index (χ3v) is 6.67. The summed E-state index contributed by atoms with van der Waals surface area (Å²) < 4.78 is 1.98. The third-order valence-electron chi connectivity index (χ3n) is 5.71. The average molecular weight is 368 g/mol. The van der Waals surface area contributed by atoms with Crippen LogP contribution in [0.4, 0.5) is 0 Å². The van der Waals surface area contributed by atoms with Gasteiger partial charge in [0.15, 0.2) is 5.69 Å². The molecule has 0 radical (unpaired) electrons. The van der Waals surface area contributed by atoms with Crippen LogP contribution in [-0.4, -0.2) is 50.4 Å². The summed E-state index contributed by atoms with van der Waals surface area (Å²) in [7, 11) is 0. The number of fused-ring (bicyclic) bond motifs is 4. The lowest BCUT2D eigenvalue weighted by molar-refractivity contribution is 0.0523. The zero-order chi connectivity index (χ0) is 17.8. The lowest BCUT2D eigenvalue weighted by Crippen LogP contribution is -2.48. The monoisotopic (exact) mass is 368 g/mol. The maximum Gasteiger partial charge on any atom is 0.357 e. The fourth-order valence-corrected chi connectivity index (χ4v) is 5.14. The highest BCUT2D eigenvalue weighted by molar-refractivity contribution is 7.14. The number of hydrogen-bond donors (Lipinski definition) is 1. The van der Waals surface area contributed by atoms with E-state index in [0.29, 0.717) is 11.3 Å². The summed E-state index contributed by atoms with van der Waals surface area (Å²) in [5.74, 6) is -0.381. The average Bonchev–Trinajstić information content (AvgIpc) is 3.26. The van der Waals surface area contributed by atoms with Crippen molar-refractivity contribution in [3.05, 3.63) is 35.0 Å². The zero-order valence-corrected chi connectivity index (χ0v) is 15.4. The second kappa shape index (κ2) is 5.89. The van der Waals surface area contributed by atoms with Gasteiger partial charge in [-0.1, -0.05) is 0 Å². The predicted octanol–water partition coefficient (Wildman–Crippen LogP) is 3.43. The molecule has 0 saturated carbocycles. The molecule has 7 heteroatoms. The molecule has 26 heavy (non-hydrogen) atoms. The Labute approximate surface area is 155 Å².